The van der Waals surface area contributed by atoms with Crippen molar-refractivity contribution in [3.8, 4) is 0 Å². The maximum atomic E-state index is 3.86. The fourth-order valence-electron chi connectivity index (χ4n) is 0.948. The van der Waals surface area contributed by atoms with Crippen LogP contribution in [0.3, 0.4) is 0 Å². The Morgan fingerprint density at radius 2 is 1.90 bits per heavy atom. The quantitative estimate of drug-likeness (QED) is 0.581. The summed E-state index contributed by atoms with van der Waals surface area (Å²) >= 11 is 0. The smallest absolute Gasteiger partial charge is 0.0190 e. The number of rotatable bonds is 2. The second kappa shape index (κ2) is 3.40. The molecule has 1 rings (SSSR count). The summed E-state index contributed by atoms with van der Waals surface area (Å²) in [6.07, 6.45) is 0.976. The topological polar surface area (TPSA) is 0 Å². The Bertz CT molecular complexity index is 176. The van der Waals surface area contributed by atoms with Crippen LogP contribution in [0.4, 0.5) is 0 Å². The minimum Gasteiger partial charge on any atom is -0.0622 e. The molecule has 1 aromatic rings. The van der Waals surface area contributed by atoms with E-state index in [2.05, 4.69) is 38.1 Å². The molecule has 0 amide bonds. The summed E-state index contributed by atoms with van der Waals surface area (Å²) in [6, 6.07) is 10.5. The fraction of sp³-hybridized carbons (Fsp3) is 0.300. The van der Waals surface area contributed by atoms with E-state index in [1.165, 1.54) is 5.56 Å². The van der Waals surface area contributed by atoms with E-state index in [1.54, 1.807) is 0 Å². The van der Waals surface area contributed by atoms with Gasteiger partial charge >= 0.3 is 0 Å². The van der Waals surface area contributed by atoms with E-state index < -0.39 is 0 Å². The predicted molar refractivity (Wildman–Crippen MR) is 44.8 cm³/mol. The molecule has 0 bridgehead atoms. The highest BCUT2D eigenvalue weighted by Gasteiger charge is 1.98. The molecule has 0 N–H and O–H groups in total. The molecule has 0 saturated carbocycles. The van der Waals surface area contributed by atoms with Gasteiger partial charge in [-0.2, -0.15) is 0 Å². The maximum Gasteiger partial charge on any atom is -0.0190 e. The first-order chi connectivity index (χ1) is 4.84. The third-order valence-electron chi connectivity index (χ3n) is 1.80. The molecule has 0 aromatic heterocycles. The summed E-state index contributed by atoms with van der Waals surface area (Å²) < 4.78 is 0. The standard InChI is InChI=1S/C10H13/c1-3-9(2)10-7-5-4-6-8-10/h4-9H,1,3H2,2H3. The number of hydrogen-bond acceptors (Lipinski definition) is 0. The van der Waals surface area contributed by atoms with Gasteiger partial charge in [0, 0.05) is 0 Å². The molecule has 0 aliphatic rings. The van der Waals surface area contributed by atoms with E-state index in [0.29, 0.717) is 5.92 Å². The number of benzene rings is 1. The zero-order valence-corrected chi connectivity index (χ0v) is 6.38. The van der Waals surface area contributed by atoms with Crippen LogP contribution in [0.15, 0.2) is 30.3 Å². The molecule has 1 atom stereocenters. The molecule has 0 spiro atoms. The van der Waals surface area contributed by atoms with Gasteiger partial charge in [-0.15, -0.1) is 0 Å². The van der Waals surface area contributed by atoms with Gasteiger partial charge in [-0.25, -0.2) is 0 Å². The molecule has 0 saturated heterocycles. The predicted octanol–water partition coefficient (Wildman–Crippen LogP) is 3.01. The highest BCUT2D eigenvalue weighted by Crippen LogP contribution is 2.16. The van der Waals surface area contributed by atoms with E-state index >= 15 is 0 Å². The van der Waals surface area contributed by atoms with Crippen LogP contribution in [0.2, 0.25) is 0 Å². The Hall–Kier alpha value is -0.780. The summed E-state index contributed by atoms with van der Waals surface area (Å²) in [7, 11) is 0. The third kappa shape index (κ3) is 1.60. The molecule has 1 radical (unpaired) electrons. The lowest BCUT2D eigenvalue weighted by Crippen LogP contribution is -1.88. The van der Waals surface area contributed by atoms with Crippen molar-refractivity contribution in [1.29, 1.82) is 0 Å². The van der Waals surface area contributed by atoms with E-state index in [-0.39, 0.29) is 0 Å². The second-order valence-electron chi connectivity index (χ2n) is 2.60. The summed E-state index contributed by atoms with van der Waals surface area (Å²) in [5.41, 5.74) is 1.39. The van der Waals surface area contributed by atoms with Crippen molar-refractivity contribution >= 4 is 0 Å². The van der Waals surface area contributed by atoms with Crippen molar-refractivity contribution < 1.29 is 0 Å². The minimum atomic E-state index is 0.598. The molecule has 53 valence electrons. The van der Waals surface area contributed by atoms with Crippen molar-refractivity contribution in [2.24, 2.45) is 0 Å². The average Bonchev–Trinajstić information content (AvgIpc) is 2.05. The van der Waals surface area contributed by atoms with Crippen LogP contribution in [0.1, 0.15) is 24.8 Å². The summed E-state index contributed by atoms with van der Waals surface area (Å²) in [5, 5.41) is 0. The van der Waals surface area contributed by atoms with Crippen LogP contribution in [0.25, 0.3) is 0 Å². The molecule has 0 aliphatic heterocycles. The van der Waals surface area contributed by atoms with Crippen LogP contribution in [0, 0.1) is 6.92 Å². The summed E-state index contributed by atoms with van der Waals surface area (Å²) in [5.74, 6) is 0.598. The van der Waals surface area contributed by atoms with Gasteiger partial charge in [0.2, 0.25) is 0 Å². The van der Waals surface area contributed by atoms with Gasteiger partial charge in [0.1, 0.15) is 0 Å². The Morgan fingerprint density at radius 1 is 1.30 bits per heavy atom. The highest BCUT2D eigenvalue weighted by atomic mass is 14.0. The molecular formula is C10H13. The molecule has 0 heterocycles. The molecule has 10 heavy (non-hydrogen) atoms. The fourth-order valence-corrected chi connectivity index (χ4v) is 0.948. The number of hydrogen-bond donors (Lipinski definition) is 0. The molecule has 1 unspecified atom stereocenters. The average molecular weight is 133 g/mol. The van der Waals surface area contributed by atoms with Crippen LogP contribution in [-0.4, -0.2) is 0 Å². The van der Waals surface area contributed by atoms with Gasteiger partial charge < -0.3 is 0 Å². The highest BCUT2D eigenvalue weighted by molar-refractivity contribution is 5.18. The van der Waals surface area contributed by atoms with Gasteiger partial charge in [0.05, 0.1) is 0 Å². The largest absolute Gasteiger partial charge is 0.0622 e. The van der Waals surface area contributed by atoms with Crippen molar-refractivity contribution in [2.45, 2.75) is 19.3 Å². The van der Waals surface area contributed by atoms with E-state index in [1.807, 2.05) is 6.07 Å². The lowest BCUT2D eigenvalue weighted by Gasteiger charge is -2.06. The zero-order valence-electron chi connectivity index (χ0n) is 6.38. The summed E-state index contributed by atoms with van der Waals surface area (Å²) in [6.45, 7) is 6.06. The first kappa shape index (κ1) is 7.33. The minimum absolute atomic E-state index is 0.598. The van der Waals surface area contributed by atoms with Crippen molar-refractivity contribution in [2.75, 3.05) is 0 Å². The lowest BCUT2D eigenvalue weighted by atomic mass is 9.99. The summed E-state index contributed by atoms with van der Waals surface area (Å²) in [4.78, 5) is 0. The SMILES string of the molecule is [CH2]CC(C)c1ccccc1. The van der Waals surface area contributed by atoms with E-state index in [4.69, 9.17) is 0 Å². The van der Waals surface area contributed by atoms with Crippen LogP contribution >= 0.6 is 0 Å². The van der Waals surface area contributed by atoms with Gasteiger partial charge in [-0.3, -0.25) is 0 Å². The normalized spacial score (nSPS) is 13.0. The molecule has 0 aliphatic carbocycles. The molecule has 0 fully saturated rings. The monoisotopic (exact) mass is 133 g/mol. The van der Waals surface area contributed by atoms with Crippen LogP contribution in [0.5, 0.6) is 0 Å². The van der Waals surface area contributed by atoms with Crippen LogP contribution < -0.4 is 0 Å². The Kier molecular flexibility index (Phi) is 2.49. The van der Waals surface area contributed by atoms with Crippen molar-refractivity contribution in [1.82, 2.24) is 0 Å². The van der Waals surface area contributed by atoms with Crippen molar-refractivity contribution in [3.05, 3.63) is 42.8 Å². The zero-order chi connectivity index (χ0) is 7.40. The van der Waals surface area contributed by atoms with E-state index in [0.717, 1.165) is 6.42 Å². The molecule has 0 heteroatoms. The first-order valence-electron chi connectivity index (χ1n) is 3.68. The van der Waals surface area contributed by atoms with E-state index in [9.17, 15) is 0 Å². The Morgan fingerprint density at radius 3 is 2.40 bits per heavy atom. The molecule has 0 nitrogen and oxygen atoms in total. The van der Waals surface area contributed by atoms with Gasteiger partial charge in [0.25, 0.3) is 0 Å². The Balaban J connectivity index is 2.75. The van der Waals surface area contributed by atoms with Gasteiger partial charge in [-0.1, -0.05) is 44.2 Å². The lowest BCUT2D eigenvalue weighted by molar-refractivity contribution is 0.778. The van der Waals surface area contributed by atoms with Gasteiger partial charge in [0.15, 0.2) is 0 Å². The Labute approximate surface area is 62.9 Å². The maximum absolute atomic E-state index is 3.86. The molecule has 1 aromatic carbocycles. The van der Waals surface area contributed by atoms with Crippen molar-refractivity contribution in [3.63, 3.8) is 0 Å². The second-order valence-corrected chi connectivity index (χ2v) is 2.60. The first-order valence-corrected chi connectivity index (χ1v) is 3.68. The van der Waals surface area contributed by atoms with Crippen LogP contribution in [-0.2, 0) is 0 Å². The van der Waals surface area contributed by atoms with Gasteiger partial charge in [-0.05, 0) is 17.9 Å². The third-order valence-corrected chi connectivity index (χ3v) is 1.80. The molecular weight excluding hydrogens is 120 g/mol.